The molecule has 3 heteroatoms. The van der Waals surface area contributed by atoms with Crippen LogP contribution in [0.15, 0.2) is 60.7 Å². The Hall–Kier alpha value is -1.35. The van der Waals surface area contributed by atoms with Crippen LogP contribution >= 0.6 is 0 Å². The lowest BCUT2D eigenvalue weighted by Crippen LogP contribution is -3.00. The summed E-state index contributed by atoms with van der Waals surface area (Å²) < 4.78 is 0. The first-order valence-electron chi connectivity index (χ1n) is 7.83. The second kappa shape index (κ2) is 7.77. The fourth-order valence-corrected chi connectivity index (χ4v) is 3.48. The Balaban J connectivity index is 0.00000176. The summed E-state index contributed by atoms with van der Waals surface area (Å²) in [5.74, 6) is 0.271. The van der Waals surface area contributed by atoms with Gasteiger partial charge in [-0.3, -0.25) is 0 Å². The lowest BCUT2D eigenvalue weighted by Gasteiger charge is -2.41. The molecule has 1 heterocycles. The van der Waals surface area contributed by atoms with E-state index in [0.717, 1.165) is 12.8 Å². The highest BCUT2D eigenvalue weighted by molar-refractivity contribution is 5.25. The number of hydrogen-bond acceptors (Lipinski definition) is 2. The fourth-order valence-electron chi connectivity index (χ4n) is 3.48. The predicted octanol–water partition coefficient (Wildman–Crippen LogP) is 0.853. The predicted molar refractivity (Wildman–Crippen MR) is 85.9 cm³/mol. The van der Waals surface area contributed by atoms with Gasteiger partial charge in [0.1, 0.15) is 0 Å². The third kappa shape index (κ3) is 3.52. The Bertz CT molecular complexity index is 560. The Morgan fingerprint density at radius 3 is 2.05 bits per heavy atom. The van der Waals surface area contributed by atoms with Crippen molar-refractivity contribution < 1.29 is 17.5 Å². The van der Waals surface area contributed by atoms with Crippen molar-refractivity contribution in [2.75, 3.05) is 0 Å². The fraction of sp³-hybridized carbons (Fsp3) is 0.368. The molecule has 118 valence electrons. The first-order chi connectivity index (χ1) is 10.3. The van der Waals surface area contributed by atoms with Crippen molar-refractivity contribution in [2.24, 2.45) is 5.92 Å². The van der Waals surface area contributed by atoms with Crippen LogP contribution in [0.5, 0.6) is 0 Å². The van der Waals surface area contributed by atoms with Gasteiger partial charge in [-0.05, 0) is 24.0 Å². The van der Waals surface area contributed by atoms with Gasteiger partial charge >= 0.3 is 0 Å². The molecule has 4 atom stereocenters. The molecule has 0 radical (unpaired) electrons. The van der Waals surface area contributed by atoms with E-state index in [-0.39, 0.29) is 36.5 Å². The number of hydrogen-bond donors (Lipinski definition) is 2. The lowest BCUT2D eigenvalue weighted by molar-refractivity contribution is -0.0000128. The molecule has 1 saturated heterocycles. The summed E-state index contributed by atoms with van der Waals surface area (Å²) in [6.07, 6.45) is 1.51. The summed E-state index contributed by atoms with van der Waals surface area (Å²) in [5, 5.41) is 14.3. The molecule has 0 bridgehead atoms. The molecule has 1 aliphatic rings. The minimum atomic E-state index is -0.258. The van der Waals surface area contributed by atoms with Crippen molar-refractivity contribution in [1.82, 2.24) is 5.32 Å². The van der Waals surface area contributed by atoms with Crippen LogP contribution in [0, 0.1) is 5.92 Å². The van der Waals surface area contributed by atoms with Crippen LogP contribution < -0.4 is 17.7 Å². The molecule has 2 nitrogen and oxygen atoms in total. The van der Waals surface area contributed by atoms with Crippen LogP contribution in [0.4, 0.5) is 0 Å². The van der Waals surface area contributed by atoms with Gasteiger partial charge in [-0.2, -0.15) is 0 Å². The van der Waals surface area contributed by atoms with E-state index in [1.807, 2.05) is 12.1 Å². The van der Waals surface area contributed by atoms with Gasteiger partial charge in [0.25, 0.3) is 0 Å². The number of rotatable bonds is 3. The van der Waals surface area contributed by atoms with E-state index < -0.39 is 0 Å². The molecule has 2 N–H and O–H groups in total. The van der Waals surface area contributed by atoms with Gasteiger partial charge in [0.15, 0.2) is 0 Å². The van der Waals surface area contributed by atoms with Crippen LogP contribution in [0.2, 0.25) is 0 Å². The van der Waals surface area contributed by atoms with E-state index in [9.17, 15) is 5.11 Å². The average Bonchev–Trinajstić information content (AvgIpc) is 2.55. The number of aliphatic hydroxyl groups is 1. The molecule has 2 aromatic rings. The van der Waals surface area contributed by atoms with Crippen LogP contribution in [0.3, 0.4) is 0 Å². The summed E-state index contributed by atoms with van der Waals surface area (Å²) in [4.78, 5) is 0. The largest absolute Gasteiger partial charge is 1.00 e. The molecule has 3 rings (SSSR count). The highest BCUT2D eigenvalue weighted by Crippen LogP contribution is 2.38. The van der Waals surface area contributed by atoms with Crippen LogP contribution in [-0.4, -0.2) is 11.2 Å². The molecule has 0 saturated carbocycles. The van der Waals surface area contributed by atoms with Gasteiger partial charge in [0.2, 0.25) is 0 Å². The number of nitrogens with one attached hydrogen (secondary N) is 1. The van der Waals surface area contributed by atoms with E-state index in [0.29, 0.717) is 0 Å². The van der Waals surface area contributed by atoms with Gasteiger partial charge in [-0.25, -0.2) is 0 Å². The van der Waals surface area contributed by atoms with Crippen molar-refractivity contribution in [2.45, 2.75) is 38.0 Å². The van der Waals surface area contributed by atoms with E-state index >= 15 is 0 Å². The van der Waals surface area contributed by atoms with Crippen LogP contribution in [0.1, 0.15) is 43.0 Å². The van der Waals surface area contributed by atoms with E-state index in [1.54, 1.807) is 0 Å². The number of aliphatic hydroxyl groups excluding tert-OH is 1. The molecular formula is C19H23ClNO-. The van der Waals surface area contributed by atoms with Gasteiger partial charge in [-0.15, -0.1) is 0 Å². The lowest BCUT2D eigenvalue weighted by atomic mass is 9.78. The smallest absolute Gasteiger partial charge is 0.0604 e. The summed E-state index contributed by atoms with van der Waals surface area (Å²) in [6, 6.07) is 21.4. The average molecular weight is 317 g/mol. The monoisotopic (exact) mass is 316 g/mol. The van der Waals surface area contributed by atoms with Crippen molar-refractivity contribution in [3.8, 4) is 0 Å². The minimum absolute atomic E-state index is 0. The second-order valence-corrected chi connectivity index (χ2v) is 5.89. The van der Waals surface area contributed by atoms with Crippen molar-refractivity contribution >= 4 is 0 Å². The number of benzene rings is 2. The molecule has 0 aromatic heterocycles. The zero-order valence-electron chi connectivity index (χ0n) is 12.8. The molecule has 1 fully saturated rings. The third-order valence-electron chi connectivity index (χ3n) is 4.61. The maximum atomic E-state index is 10.6. The van der Waals surface area contributed by atoms with Gasteiger partial charge in [-0.1, -0.05) is 67.6 Å². The SMILES string of the molecule is CCC1C(O)CC(c2ccccc2)NC1c1ccccc1.[Cl-]. The molecule has 0 aliphatic carbocycles. The highest BCUT2D eigenvalue weighted by atomic mass is 35.5. The Kier molecular flexibility index (Phi) is 6.01. The van der Waals surface area contributed by atoms with Gasteiger partial charge < -0.3 is 22.8 Å². The van der Waals surface area contributed by atoms with Crippen molar-refractivity contribution in [1.29, 1.82) is 0 Å². The summed E-state index contributed by atoms with van der Waals surface area (Å²) >= 11 is 0. The Labute approximate surface area is 139 Å². The molecule has 2 aromatic carbocycles. The van der Waals surface area contributed by atoms with Gasteiger partial charge in [0.05, 0.1) is 6.10 Å². The maximum Gasteiger partial charge on any atom is 0.0604 e. The van der Waals surface area contributed by atoms with Crippen molar-refractivity contribution in [3.05, 3.63) is 71.8 Å². The standard InChI is InChI=1S/C19H23NO.ClH/c1-2-16-18(21)13-17(14-9-5-3-6-10-14)20-19(16)15-11-7-4-8-12-15;/h3-12,16-21H,2,13H2,1H3;1H/p-1. The zero-order chi connectivity index (χ0) is 14.7. The molecule has 22 heavy (non-hydrogen) atoms. The van der Waals surface area contributed by atoms with E-state index in [2.05, 4.69) is 60.8 Å². The Morgan fingerprint density at radius 2 is 1.50 bits per heavy atom. The van der Waals surface area contributed by atoms with Gasteiger partial charge in [0, 0.05) is 18.0 Å². The maximum absolute atomic E-state index is 10.6. The topological polar surface area (TPSA) is 32.3 Å². The minimum Gasteiger partial charge on any atom is -1.00 e. The number of piperidine rings is 1. The quantitative estimate of drug-likeness (QED) is 0.880. The second-order valence-electron chi connectivity index (χ2n) is 5.89. The third-order valence-corrected chi connectivity index (χ3v) is 4.61. The van der Waals surface area contributed by atoms with Crippen LogP contribution in [-0.2, 0) is 0 Å². The molecule has 0 spiro atoms. The summed E-state index contributed by atoms with van der Waals surface area (Å²) in [5.41, 5.74) is 2.52. The van der Waals surface area contributed by atoms with E-state index in [1.165, 1.54) is 11.1 Å². The van der Waals surface area contributed by atoms with Crippen LogP contribution in [0.25, 0.3) is 0 Å². The summed E-state index contributed by atoms with van der Waals surface area (Å²) in [6.45, 7) is 2.16. The first-order valence-corrected chi connectivity index (χ1v) is 7.83. The molecular weight excluding hydrogens is 294 g/mol. The molecule has 1 aliphatic heterocycles. The molecule has 4 unspecified atom stereocenters. The normalized spacial score (nSPS) is 27.9. The number of halogens is 1. The molecule has 0 amide bonds. The van der Waals surface area contributed by atoms with Crippen molar-refractivity contribution in [3.63, 3.8) is 0 Å². The van der Waals surface area contributed by atoms with E-state index in [4.69, 9.17) is 0 Å². The Morgan fingerprint density at radius 1 is 0.955 bits per heavy atom. The highest BCUT2D eigenvalue weighted by Gasteiger charge is 2.36. The zero-order valence-corrected chi connectivity index (χ0v) is 13.6. The summed E-state index contributed by atoms with van der Waals surface area (Å²) in [7, 11) is 0. The first kappa shape index (κ1) is 17.0.